The van der Waals surface area contributed by atoms with Crippen LogP contribution in [0.2, 0.25) is 0 Å². The lowest BCUT2D eigenvalue weighted by atomic mass is 9.83. The summed E-state index contributed by atoms with van der Waals surface area (Å²) < 4.78 is 45.0. The molecule has 1 aliphatic rings. The Hall–Kier alpha value is -2.52. The Bertz CT molecular complexity index is 827. The number of hydrogen-bond donors (Lipinski definition) is 1. The minimum absolute atomic E-state index is 0.0109. The summed E-state index contributed by atoms with van der Waals surface area (Å²) in [6, 6.07) is 16.9. The molecule has 1 aliphatic heterocycles. The number of benzene rings is 2. The van der Waals surface area contributed by atoms with E-state index in [0.717, 1.165) is 11.1 Å². The molecule has 1 N–H and O–H groups in total. The van der Waals surface area contributed by atoms with Gasteiger partial charge in [0.15, 0.2) is 0 Å². The average molecular weight is 374 g/mol. The van der Waals surface area contributed by atoms with Crippen molar-refractivity contribution < 1.29 is 17.9 Å². The number of hydrogen-bond acceptors (Lipinski definition) is 3. The molecule has 27 heavy (non-hydrogen) atoms. The van der Waals surface area contributed by atoms with Crippen molar-refractivity contribution in [3.8, 4) is 11.8 Å². The summed E-state index contributed by atoms with van der Waals surface area (Å²) in [5, 5.41) is 12.1. The second kappa shape index (κ2) is 7.61. The molecule has 3 nitrogen and oxygen atoms in total. The number of nitriles is 1. The van der Waals surface area contributed by atoms with Gasteiger partial charge in [-0.05, 0) is 42.2 Å². The molecule has 1 fully saturated rings. The van der Waals surface area contributed by atoms with Gasteiger partial charge in [0.05, 0.1) is 23.9 Å². The molecule has 0 amide bonds. The average Bonchev–Trinajstić information content (AvgIpc) is 3.08. The lowest BCUT2D eigenvalue weighted by Gasteiger charge is -2.28. The van der Waals surface area contributed by atoms with Crippen molar-refractivity contribution in [2.45, 2.75) is 38.1 Å². The highest BCUT2D eigenvalue weighted by molar-refractivity contribution is 5.34. The van der Waals surface area contributed by atoms with Crippen LogP contribution in [0.4, 0.5) is 13.2 Å². The largest absolute Gasteiger partial charge is 0.489 e. The molecule has 0 aromatic heterocycles. The Morgan fingerprint density at radius 1 is 1.19 bits per heavy atom. The Morgan fingerprint density at radius 2 is 1.89 bits per heavy atom. The van der Waals surface area contributed by atoms with Gasteiger partial charge in [-0.2, -0.15) is 18.4 Å². The van der Waals surface area contributed by atoms with E-state index in [0.29, 0.717) is 17.9 Å². The maximum absolute atomic E-state index is 13.1. The molecular formula is C21H21F3N2O. The molecule has 2 aromatic carbocycles. The third kappa shape index (κ3) is 4.25. The molecule has 0 radical (unpaired) electrons. The van der Waals surface area contributed by atoms with E-state index < -0.39 is 17.6 Å². The van der Waals surface area contributed by atoms with Crippen molar-refractivity contribution in [2.24, 2.45) is 5.92 Å². The van der Waals surface area contributed by atoms with Gasteiger partial charge < -0.3 is 10.1 Å². The summed E-state index contributed by atoms with van der Waals surface area (Å²) in [4.78, 5) is 0. The molecule has 0 aliphatic carbocycles. The van der Waals surface area contributed by atoms with Gasteiger partial charge in [-0.25, -0.2) is 0 Å². The second-order valence-corrected chi connectivity index (χ2v) is 6.98. The molecule has 1 saturated heterocycles. The van der Waals surface area contributed by atoms with Crippen LogP contribution in [-0.4, -0.2) is 12.7 Å². The van der Waals surface area contributed by atoms with Crippen molar-refractivity contribution in [3.05, 3.63) is 65.2 Å². The fraction of sp³-hybridized carbons (Fsp3) is 0.381. The van der Waals surface area contributed by atoms with Crippen LogP contribution >= 0.6 is 0 Å². The number of rotatable bonds is 5. The molecule has 0 unspecified atom stereocenters. The second-order valence-electron chi connectivity index (χ2n) is 6.98. The first kappa shape index (κ1) is 19.2. The fourth-order valence-electron chi connectivity index (χ4n) is 3.51. The first-order chi connectivity index (χ1) is 12.8. The Kier molecular flexibility index (Phi) is 5.43. The lowest BCUT2D eigenvalue weighted by Crippen LogP contribution is -2.36. The van der Waals surface area contributed by atoms with Gasteiger partial charge in [0.1, 0.15) is 12.4 Å². The van der Waals surface area contributed by atoms with Gasteiger partial charge in [0.2, 0.25) is 0 Å². The standard InChI is InChI=1S/C21H21F3N2O/c1-15-4-2-3-5-16(15)14-27-19-8-6-17(7-9-19)20(10-11-25)12-18(13-26-20)21(22,23)24/h2-9,18,26H,10,12-14H2,1H3/t18-,20+/m0/s1. The third-order valence-corrected chi connectivity index (χ3v) is 5.19. The number of alkyl halides is 3. The van der Waals surface area contributed by atoms with Gasteiger partial charge in [0, 0.05) is 6.54 Å². The van der Waals surface area contributed by atoms with E-state index in [4.69, 9.17) is 10.00 Å². The van der Waals surface area contributed by atoms with E-state index >= 15 is 0 Å². The summed E-state index contributed by atoms with van der Waals surface area (Å²) in [5.74, 6) is -0.803. The smallest absolute Gasteiger partial charge is 0.393 e. The van der Waals surface area contributed by atoms with Crippen LogP contribution in [-0.2, 0) is 12.1 Å². The maximum Gasteiger partial charge on any atom is 0.393 e. The monoisotopic (exact) mass is 374 g/mol. The van der Waals surface area contributed by atoms with Crippen LogP contribution in [0, 0.1) is 24.2 Å². The van der Waals surface area contributed by atoms with Gasteiger partial charge >= 0.3 is 6.18 Å². The minimum Gasteiger partial charge on any atom is -0.489 e. The van der Waals surface area contributed by atoms with E-state index in [1.165, 1.54) is 0 Å². The molecule has 0 bridgehead atoms. The first-order valence-electron chi connectivity index (χ1n) is 8.81. The van der Waals surface area contributed by atoms with Crippen molar-refractivity contribution in [2.75, 3.05) is 6.54 Å². The van der Waals surface area contributed by atoms with E-state index in [-0.39, 0.29) is 19.4 Å². The molecule has 0 saturated carbocycles. The zero-order valence-corrected chi connectivity index (χ0v) is 15.0. The maximum atomic E-state index is 13.1. The zero-order chi connectivity index (χ0) is 19.5. The topological polar surface area (TPSA) is 45.0 Å². The summed E-state index contributed by atoms with van der Waals surface area (Å²) in [5.41, 5.74) is 1.92. The molecule has 3 rings (SSSR count). The normalized spacial score (nSPS) is 22.4. The summed E-state index contributed by atoms with van der Waals surface area (Å²) >= 11 is 0. The van der Waals surface area contributed by atoms with Gasteiger partial charge in [0.25, 0.3) is 0 Å². The SMILES string of the molecule is Cc1ccccc1COc1ccc([C@@]2(CC#N)C[C@H](C(F)(F)F)CN2)cc1. The van der Waals surface area contributed by atoms with E-state index in [1.807, 2.05) is 37.3 Å². The van der Waals surface area contributed by atoms with Crippen molar-refractivity contribution >= 4 is 0 Å². The predicted octanol–water partition coefficient (Wildman–Crippen LogP) is 4.85. The molecule has 1 heterocycles. The van der Waals surface area contributed by atoms with Gasteiger partial charge in [-0.1, -0.05) is 36.4 Å². The van der Waals surface area contributed by atoms with Crippen LogP contribution in [0.1, 0.15) is 29.5 Å². The number of ether oxygens (including phenoxy) is 1. The number of nitrogens with zero attached hydrogens (tertiary/aromatic N) is 1. The minimum atomic E-state index is -4.26. The van der Waals surface area contributed by atoms with Crippen LogP contribution in [0.3, 0.4) is 0 Å². The summed E-state index contributed by atoms with van der Waals surface area (Å²) in [6.45, 7) is 2.26. The molecule has 2 aromatic rings. The van der Waals surface area contributed by atoms with E-state index in [9.17, 15) is 13.2 Å². The van der Waals surface area contributed by atoms with E-state index in [2.05, 4.69) is 5.32 Å². The molecular weight excluding hydrogens is 353 g/mol. The summed E-state index contributed by atoms with van der Waals surface area (Å²) in [6.07, 6.45) is -4.41. The number of aryl methyl sites for hydroxylation is 1. The zero-order valence-electron chi connectivity index (χ0n) is 15.0. The van der Waals surface area contributed by atoms with Crippen LogP contribution < -0.4 is 10.1 Å². The molecule has 142 valence electrons. The lowest BCUT2D eigenvalue weighted by molar-refractivity contribution is -0.170. The van der Waals surface area contributed by atoms with Crippen LogP contribution in [0.5, 0.6) is 5.75 Å². The van der Waals surface area contributed by atoms with Crippen LogP contribution in [0.25, 0.3) is 0 Å². The Labute approximate surface area is 156 Å². The highest BCUT2D eigenvalue weighted by atomic mass is 19.4. The number of halogens is 3. The highest BCUT2D eigenvalue weighted by Gasteiger charge is 2.50. The third-order valence-electron chi connectivity index (χ3n) is 5.19. The van der Waals surface area contributed by atoms with Gasteiger partial charge in [-0.15, -0.1) is 0 Å². The Balaban J connectivity index is 1.73. The van der Waals surface area contributed by atoms with Crippen molar-refractivity contribution in [1.29, 1.82) is 5.26 Å². The van der Waals surface area contributed by atoms with Crippen LogP contribution in [0.15, 0.2) is 48.5 Å². The number of nitrogens with one attached hydrogen (secondary N) is 1. The van der Waals surface area contributed by atoms with Gasteiger partial charge in [-0.3, -0.25) is 0 Å². The van der Waals surface area contributed by atoms with Crippen molar-refractivity contribution in [3.63, 3.8) is 0 Å². The molecule has 2 atom stereocenters. The molecule has 6 heteroatoms. The van der Waals surface area contributed by atoms with E-state index in [1.54, 1.807) is 24.3 Å². The molecule has 0 spiro atoms. The Morgan fingerprint density at radius 3 is 2.48 bits per heavy atom. The highest BCUT2D eigenvalue weighted by Crippen LogP contribution is 2.43. The fourth-order valence-corrected chi connectivity index (χ4v) is 3.51. The quantitative estimate of drug-likeness (QED) is 0.813. The summed E-state index contributed by atoms with van der Waals surface area (Å²) in [7, 11) is 0. The predicted molar refractivity (Wildman–Crippen MR) is 96.0 cm³/mol. The van der Waals surface area contributed by atoms with Crippen molar-refractivity contribution in [1.82, 2.24) is 5.32 Å². The first-order valence-corrected chi connectivity index (χ1v) is 8.81.